The van der Waals surface area contributed by atoms with Gasteiger partial charge in [0.15, 0.2) is 0 Å². The molecule has 0 N–H and O–H groups in total. The van der Waals surface area contributed by atoms with Gasteiger partial charge in [0.2, 0.25) is 0 Å². The summed E-state index contributed by atoms with van der Waals surface area (Å²) in [7, 11) is 3.44. The minimum absolute atomic E-state index is 0.522. The summed E-state index contributed by atoms with van der Waals surface area (Å²) in [5.41, 5.74) is 0. The standard InChI is InChI=1S/C10H17O2Si/c13-5-1-4-11-7-8-6-9-2-3-10(8)12-9/h8-10H,1-7H2. The molecule has 0 aromatic rings. The Labute approximate surface area is 83.4 Å². The predicted molar refractivity (Wildman–Crippen MR) is 52.0 cm³/mol. The molecule has 2 aliphatic heterocycles. The maximum Gasteiger partial charge on any atom is 0.0630 e. The Morgan fingerprint density at radius 1 is 1.38 bits per heavy atom. The van der Waals surface area contributed by atoms with Gasteiger partial charge in [-0.3, -0.25) is 0 Å². The van der Waals surface area contributed by atoms with Gasteiger partial charge in [-0.1, -0.05) is 6.04 Å². The molecule has 2 rings (SSSR count). The van der Waals surface area contributed by atoms with E-state index in [1.807, 2.05) is 0 Å². The van der Waals surface area contributed by atoms with Gasteiger partial charge >= 0.3 is 0 Å². The van der Waals surface area contributed by atoms with E-state index in [0.717, 1.165) is 25.7 Å². The van der Waals surface area contributed by atoms with Crippen molar-refractivity contribution in [1.82, 2.24) is 0 Å². The summed E-state index contributed by atoms with van der Waals surface area (Å²) >= 11 is 0. The summed E-state index contributed by atoms with van der Waals surface area (Å²) in [5.74, 6) is 0.688. The van der Waals surface area contributed by atoms with Crippen molar-refractivity contribution >= 4 is 10.2 Å². The van der Waals surface area contributed by atoms with E-state index in [2.05, 4.69) is 10.2 Å². The van der Waals surface area contributed by atoms with Crippen molar-refractivity contribution in [3.63, 3.8) is 0 Å². The van der Waals surface area contributed by atoms with Crippen LogP contribution in [0.5, 0.6) is 0 Å². The number of ether oxygens (including phenoxy) is 2. The van der Waals surface area contributed by atoms with E-state index in [1.54, 1.807) is 0 Å². The largest absolute Gasteiger partial charge is 0.381 e. The average molecular weight is 197 g/mol. The molecule has 0 aliphatic carbocycles. The highest BCUT2D eigenvalue weighted by Crippen LogP contribution is 2.38. The molecule has 3 heteroatoms. The van der Waals surface area contributed by atoms with Crippen molar-refractivity contribution in [2.45, 2.75) is 43.9 Å². The molecule has 0 saturated carbocycles. The van der Waals surface area contributed by atoms with Crippen LogP contribution in [0, 0.1) is 5.92 Å². The van der Waals surface area contributed by atoms with Gasteiger partial charge in [-0.25, -0.2) is 0 Å². The molecule has 3 radical (unpaired) electrons. The fourth-order valence-corrected chi connectivity index (χ4v) is 2.47. The van der Waals surface area contributed by atoms with Crippen molar-refractivity contribution in [2.75, 3.05) is 13.2 Å². The zero-order valence-electron chi connectivity index (χ0n) is 8.00. The molecular formula is C10H17O2Si. The second-order valence-electron chi connectivity index (χ2n) is 4.05. The van der Waals surface area contributed by atoms with Crippen molar-refractivity contribution in [2.24, 2.45) is 5.92 Å². The third-order valence-corrected chi connectivity index (χ3v) is 3.38. The molecule has 0 aromatic carbocycles. The molecule has 3 atom stereocenters. The average Bonchev–Trinajstić information content (AvgIpc) is 2.73. The second kappa shape index (κ2) is 4.58. The van der Waals surface area contributed by atoms with Gasteiger partial charge in [-0.2, -0.15) is 0 Å². The first kappa shape index (κ1) is 9.68. The number of rotatable bonds is 5. The van der Waals surface area contributed by atoms with Gasteiger partial charge < -0.3 is 9.47 Å². The molecule has 2 fully saturated rings. The molecule has 0 aromatic heterocycles. The van der Waals surface area contributed by atoms with E-state index in [1.165, 1.54) is 19.3 Å². The summed E-state index contributed by atoms with van der Waals surface area (Å²) in [4.78, 5) is 0. The molecule has 2 saturated heterocycles. The zero-order chi connectivity index (χ0) is 9.10. The Morgan fingerprint density at radius 2 is 2.31 bits per heavy atom. The highest BCUT2D eigenvalue weighted by Gasteiger charge is 2.40. The van der Waals surface area contributed by atoms with Crippen LogP contribution < -0.4 is 0 Å². The minimum atomic E-state index is 0.522. The van der Waals surface area contributed by atoms with Gasteiger partial charge in [0.25, 0.3) is 0 Å². The summed E-state index contributed by atoms with van der Waals surface area (Å²) in [6.45, 7) is 1.80. The van der Waals surface area contributed by atoms with Gasteiger partial charge in [0.05, 0.1) is 18.8 Å². The van der Waals surface area contributed by atoms with E-state index in [-0.39, 0.29) is 0 Å². The van der Waals surface area contributed by atoms with E-state index in [0.29, 0.717) is 18.1 Å². The van der Waals surface area contributed by atoms with Crippen LogP contribution in [0.15, 0.2) is 0 Å². The molecule has 13 heavy (non-hydrogen) atoms. The first-order valence-corrected chi connectivity index (χ1v) is 5.98. The van der Waals surface area contributed by atoms with E-state index >= 15 is 0 Å². The van der Waals surface area contributed by atoms with Crippen LogP contribution in [0.4, 0.5) is 0 Å². The van der Waals surface area contributed by atoms with Crippen LogP contribution in [0.25, 0.3) is 0 Å². The summed E-state index contributed by atoms with van der Waals surface area (Å²) in [5, 5.41) is 0. The van der Waals surface area contributed by atoms with Crippen LogP contribution in [0.3, 0.4) is 0 Å². The maximum absolute atomic E-state index is 5.75. The highest BCUT2D eigenvalue weighted by atomic mass is 28.1. The molecule has 0 amide bonds. The lowest BCUT2D eigenvalue weighted by molar-refractivity contribution is 0.0517. The fraction of sp³-hybridized carbons (Fsp3) is 1.00. The molecule has 2 aliphatic rings. The van der Waals surface area contributed by atoms with Crippen LogP contribution in [0.1, 0.15) is 25.7 Å². The van der Waals surface area contributed by atoms with Crippen LogP contribution in [0.2, 0.25) is 6.04 Å². The molecule has 73 valence electrons. The molecule has 3 unspecified atom stereocenters. The molecule has 2 bridgehead atoms. The van der Waals surface area contributed by atoms with Gasteiger partial charge in [-0.05, 0) is 25.7 Å². The second-order valence-corrected chi connectivity index (χ2v) is 4.55. The topological polar surface area (TPSA) is 18.5 Å². The molecule has 2 heterocycles. The monoisotopic (exact) mass is 197 g/mol. The lowest BCUT2D eigenvalue weighted by Crippen LogP contribution is -2.21. The van der Waals surface area contributed by atoms with Crippen molar-refractivity contribution < 1.29 is 9.47 Å². The first-order chi connectivity index (χ1) is 6.40. The Morgan fingerprint density at radius 3 is 2.92 bits per heavy atom. The molecular weight excluding hydrogens is 180 g/mol. The lowest BCUT2D eigenvalue weighted by atomic mass is 9.90. The quantitative estimate of drug-likeness (QED) is 0.492. The Bertz CT molecular complexity index is 163. The van der Waals surface area contributed by atoms with Gasteiger partial charge in [0.1, 0.15) is 0 Å². The highest BCUT2D eigenvalue weighted by molar-refractivity contribution is 6.08. The Balaban J connectivity index is 1.60. The van der Waals surface area contributed by atoms with Crippen LogP contribution in [-0.2, 0) is 9.47 Å². The fourth-order valence-electron chi connectivity index (χ4n) is 2.33. The van der Waals surface area contributed by atoms with Crippen molar-refractivity contribution in [1.29, 1.82) is 0 Å². The summed E-state index contributed by atoms with van der Waals surface area (Å²) in [6.07, 6.45) is 5.97. The summed E-state index contributed by atoms with van der Waals surface area (Å²) in [6, 6.07) is 1.03. The smallest absolute Gasteiger partial charge is 0.0630 e. The van der Waals surface area contributed by atoms with Crippen LogP contribution in [-0.4, -0.2) is 35.7 Å². The first-order valence-electron chi connectivity index (χ1n) is 5.28. The van der Waals surface area contributed by atoms with E-state index < -0.39 is 0 Å². The Hall–Kier alpha value is 0.137. The van der Waals surface area contributed by atoms with Crippen LogP contribution >= 0.6 is 0 Å². The lowest BCUT2D eigenvalue weighted by Gasteiger charge is -2.18. The normalized spacial score (nSPS) is 37.2. The number of hydrogen-bond acceptors (Lipinski definition) is 2. The van der Waals surface area contributed by atoms with Gasteiger partial charge in [0, 0.05) is 22.8 Å². The third-order valence-electron chi connectivity index (χ3n) is 3.03. The van der Waals surface area contributed by atoms with E-state index in [9.17, 15) is 0 Å². The number of hydrogen-bond donors (Lipinski definition) is 0. The molecule has 0 spiro atoms. The predicted octanol–water partition coefficient (Wildman–Crippen LogP) is 1.55. The third kappa shape index (κ3) is 2.33. The SMILES string of the molecule is [Si]CCCOCC1CC2CCC1O2. The molecule has 2 nitrogen and oxygen atoms in total. The number of fused-ring (bicyclic) bond motifs is 2. The zero-order valence-corrected chi connectivity index (χ0v) is 9.00. The minimum Gasteiger partial charge on any atom is -0.381 e. The van der Waals surface area contributed by atoms with Crippen molar-refractivity contribution in [3.05, 3.63) is 0 Å². The summed E-state index contributed by atoms with van der Waals surface area (Å²) < 4.78 is 11.4. The maximum atomic E-state index is 5.75. The van der Waals surface area contributed by atoms with Crippen molar-refractivity contribution in [3.8, 4) is 0 Å². The van der Waals surface area contributed by atoms with Gasteiger partial charge in [-0.15, -0.1) is 0 Å². The Kier molecular flexibility index (Phi) is 3.41. The van der Waals surface area contributed by atoms with E-state index in [4.69, 9.17) is 9.47 Å².